The molecule has 1 aromatic carbocycles. The van der Waals surface area contributed by atoms with E-state index in [4.69, 9.17) is 10.5 Å². The van der Waals surface area contributed by atoms with Crippen LogP contribution < -0.4 is 15.2 Å². The third-order valence-corrected chi connectivity index (χ3v) is 4.28. The Bertz CT molecular complexity index is 709. The van der Waals surface area contributed by atoms with Gasteiger partial charge in [0.25, 0.3) is 0 Å². The number of aryl methyl sites for hydroxylation is 1. The Morgan fingerprint density at radius 3 is 2.75 bits per heavy atom. The lowest BCUT2D eigenvalue weighted by Gasteiger charge is -2.11. The summed E-state index contributed by atoms with van der Waals surface area (Å²) in [4.78, 5) is 0.0522. The Balaban J connectivity index is 2.25. The number of sulfonamides is 1. The van der Waals surface area contributed by atoms with E-state index in [2.05, 4.69) is 9.82 Å². The van der Waals surface area contributed by atoms with Gasteiger partial charge in [-0.25, -0.2) is 13.1 Å². The van der Waals surface area contributed by atoms with Crippen molar-refractivity contribution in [2.75, 3.05) is 12.8 Å². The molecule has 0 aliphatic carbocycles. The van der Waals surface area contributed by atoms with E-state index in [1.54, 1.807) is 24.0 Å². The van der Waals surface area contributed by atoms with Crippen molar-refractivity contribution >= 4 is 15.7 Å². The average molecular weight is 296 g/mol. The van der Waals surface area contributed by atoms with E-state index < -0.39 is 10.0 Å². The number of nitrogen functional groups attached to an aromatic ring is 1. The zero-order chi connectivity index (χ0) is 14.8. The Kier molecular flexibility index (Phi) is 3.96. The van der Waals surface area contributed by atoms with Crippen LogP contribution in [0.4, 0.5) is 5.69 Å². The highest BCUT2D eigenvalue weighted by Crippen LogP contribution is 2.25. The Labute approximate surface area is 117 Å². The Morgan fingerprint density at radius 1 is 1.40 bits per heavy atom. The standard InChI is InChI=1S/C12H16N4O3S/c1-16-10(5-6-14-16)8-15-20(17,18)12-4-3-9(13)7-11(12)19-2/h3-7,15H,8,13H2,1-2H3. The molecule has 0 aliphatic heterocycles. The van der Waals surface area contributed by atoms with E-state index in [1.165, 1.54) is 25.3 Å². The maximum atomic E-state index is 12.3. The fourth-order valence-corrected chi connectivity index (χ4v) is 2.88. The summed E-state index contributed by atoms with van der Waals surface area (Å²) in [6.07, 6.45) is 1.60. The third kappa shape index (κ3) is 2.91. The number of nitrogens with two attached hydrogens (primary N) is 1. The van der Waals surface area contributed by atoms with Crippen molar-refractivity contribution in [2.24, 2.45) is 7.05 Å². The number of methoxy groups -OCH3 is 1. The van der Waals surface area contributed by atoms with E-state index in [-0.39, 0.29) is 17.2 Å². The number of rotatable bonds is 5. The topological polar surface area (TPSA) is 99.2 Å². The lowest BCUT2D eigenvalue weighted by atomic mass is 10.3. The van der Waals surface area contributed by atoms with Crippen molar-refractivity contribution in [1.29, 1.82) is 0 Å². The van der Waals surface area contributed by atoms with Crippen molar-refractivity contribution in [3.05, 3.63) is 36.2 Å². The van der Waals surface area contributed by atoms with Gasteiger partial charge in [0.2, 0.25) is 10.0 Å². The van der Waals surface area contributed by atoms with Gasteiger partial charge in [-0.2, -0.15) is 5.10 Å². The minimum Gasteiger partial charge on any atom is -0.495 e. The molecule has 20 heavy (non-hydrogen) atoms. The first-order valence-electron chi connectivity index (χ1n) is 5.84. The first-order chi connectivity index (χ1) is 9.44. The van der Waals surface area contributed by atoms with Gasteiger partial charge in [0.15, 0.2) is 0 Å². The summed E-state index contributed by atoms with van der Waals surface area (Å²) in [6, 6.07) is 6.14. The molecule has 3 N–H and O–H groups in total. The van der Waals surface area contributed by atoms with Crippen LogP contribution in [0, 0.1) is 0 Å². The number of benzene rings is 1. The fourth-order valence-electron chi connectivity index (χ4n) is 1.73. The van der Waals surface area contributed by atoms with Gasteiger partial charge in [0, 0.05) is 25.0 Å². The van der Waals surface area contributed by atoms with Crippen LogP contribution in [0.25, 0.3) is 0 Å². The van der Waals surface area contributed by atoms with Gasteiger partial charge in [-0.05, 0) is 18.2 Å². The molecule has 0 saturated heterocycles. The van der Waals surface area contributed by atoms with Gasteiger partial charge in [-0.3, -0.25) is 4.68 Å². The van der Waals surface area contributed by atoms with Gasteiger partial charge >= 0.3 is 0 Å². The highest BCUT2D eigenvalue weighted by Gasteiger charge is 2.19. The smallest absolute Gasteiger partial charge is 0.244 e. The lowest BCUT2D eigenvalue weighted by Crippen LogP contribution is -2.25. The first kappa shape index (κ1) is 14.4. The maximum Gasteiger partial charge on any atom is 0.244 e. The minimum atomic E-state index is -3.68. The average Bonchev–Trinajstić information content (AvgIpc) is 2.81. The largest absolute Gasteiger partial charge is 0.495 e. The molecule has 1 heterocycles. The Hall–Kier alpha value is -2.06. The zero-order valence-corrected chi connectivity index (χ0v) is 12.0. The molecule has 0 saturated carbocycles. The molecule has 108 valence electrons. The molecule has 0 atom stereocenters. The summed E-state index contributed by atoms with van der Waals surface area (Å²) in [5.74, 6) is 0.211. The van der Waals surface area contributed by atoms with E-state index in [1.807, 2.05) is 0 Å². The van der Waals surface area contributed by atoms with Crippen LogP contribution in [0.1, 0.15) is 5.69 Å². The monoisotopic (exact) mass is 296 g/mol. The van der Waals surface area contributed by atoms with E-state index in [0.717, 1.165) is 5.69 Å². The van der Waals surface area contributed by atoms with Crippen LogP contribution in [0.15, 0.2) is 35.4 Å². The molecule has 7 nitrogen and oxygen atoms in total. The number of aromatic nitrogens is 2. The predicted molar refractivity (Wildman–Crippen MR) is 74.6 cm³/mol. The number of nitrogens with zero attached hydrogens (tertiary/aromatic N) is 2. The maximum absolute atomic E-state index is 12.3. The molecule has 8 heteroatoms. The van der Waals surface area contributed by atoms with Crippen molar-refractivity contribution < 1.29 is 13.2 Å². The van der Waals surface area contributed by atoms with E-state index in [0.29, 0.717) is 5.69 Å². The van der Waals surface area contributed by atoms with Crippen molar-refractivity contribution in [3.8, 4) is 5.75 Å². The first-order valence-corrected chi connectivity index (χ1v) is 7.32. The number of ether oxygens (including phenoxy) is 1. The number of hydrogen-bond acceptors (Lipinski definition) is 5. The lowest BCUT2D eigenvalue weighted by molar-refractivity contribution is 0.402. The van der Waals surface area contributed by atoms with E-state index >= 15 is 0 Å². The third-order valence-electron chi connectivity index (χ3n) is 2.84. The van der Waals surface area contributed by atoms with Crippen LogP contribution in [-0.2, 0) is 23.6 Å². The molecule has 0 spiro atoms. The molecular formula is C12H16N4O3S. The second-order valence-corrected chi connectivity index (χ2v) is 5.92. The Morgan fingerprint density at radius 2 is 2.15 bits per heavy atom. The van der Waals surface area contributed by atoms with Gasteiger partial charge in [-0.1, -0.05) is 0 Å². The molecular weight excluding hydrogens is 280 g/mol. The molecule has 0 unspecified atom stereocenters. The van der Waals surface area contributed by atoms with Gasteiger partial charge < -0.3 is 10.5 Å². The van der Waals surface area contributed by atoms with Gasteiger partial charge in [0.1, 0.15) is 10.6 Å². The summed E-state index contributed by atoms with van der Waals surface area (Å²) in [5, 5.41) is 3.98. The minimum absolute atomic E-state index is 0.0522. The van der Waals surface area contributed by atoms with Crippen molar-refractivity contribution in [3.63, 3.8) is 0 Å². The number of hydrogen-bond donors (Lipinski definition) is 2. The van der Waals surface area contributed by atoms with Gasteiger partial charge in [-0.15, -0.1) is 0 Å². The van der Waals surface area contributed by atoms with E-state index in [9.17, 15) is 8.42 Å². The molecule has 0 fully saturated rings. The molecule has 0 bridgehead atoms. The van der Waals surface area contributed by atoms with Crippen LogP contribution in [0.5, 0.6) is 5.75 Å². The van der Waals surface area contributed by atoms with Gasteiger partial charge in [0.05, 0.1) is 19.3 Å². The van der Waals surface area contributed by atoms with Crippen LogP contribution in [-0.4, -0.2) is 25.3 Å². The molecule has 0 aliphatic rings. The molecule has 1 aromatic heterocycles. The quantitative estimate of drug-likeness (QED) is 0.782. The molecule has 2 aromatic rings. The summed E-state index contributed by atoms with van der Waals surface area (Å²) < 4.78 is 33.7. The summed E-state index contributed by atoms with van der Waals surface area (Å²) in [6.45, 7) is 0.145. The molecule has 0 radical (unpaired) electrons. The van der Waals surface area contributed by atoms with Crippen molar-refractivity contribution in [1.82, 2.24) is 14.5 Å². The molecule has 2 rings (SSSR count). The van der Waals surface area contributed by atoms with Crippen LogP contribution in [0.2, 0.25) is 0 Å². The predicted octanol–water partition coefficient (Wildman–Crippen LogP) is 0.489. The number of anilines is 1. The summed E-state index contributed by atoms with van der Waals surface area (Å²) >= 11 is 0. The fraction of sp³-hybridized carbons (Fsp3) is 0.250. The highest BCUT2D eigenvalue weighted by molar-refractivity contribution is 7.89. The van der Waals surface area contributed by atoms with Crippen LogP contribution >= 0.6 is 0 Å². The SMILES string of the molecule is COc1cc(N)ccc1S(=O)(=O)NCc1ccnn1C. The summed E-state index contributed by atoms with van der Waals surface area (Å²) in [5.41, 5.74) is 6.80. The van der Waals surface area contributed by atoms with Crippen molar-refractivity contribution in [2.45, 2.75) is 11.4 Å². The highest BCUT2D eigenvalue weighted by atomic mass is 32.2. The van der Waals surface area contributed by atoms with Crippen LogP contribution in [0.3, 0.4) is 0 Å². The molecule has 0 amide bonds. The normalized spacial score (nSPS) is 11.5. The summed E-state index contributed by atoms with van der Waals surface area (Å²) in [7, 11) is -0.543. The second kappa shape index (κ2) is 5.51. The number of nitrogens with one attached hydrogen (secondary N) is 1. The zero-order valence-electron chi connectivity index (χ0n) is 11.2. The second-order valence-electron chi connectivity index (χ2n) is 4.18.